The van der Waals surface area contributed by atoms with Crippen LogP contribution in [0.1, 0.15) is 35.4 Å². The molecule has 1 aliphatic heterocycles. The first-order chi connectivity index (χ1) is 17.2. The highest BCUT2D eigenvalue weighted by Crippen LogP contribution is 2.20. The van der Waals surface area contributed by atoms with Crippen molar-refractivity contribution in [3.63, 3.8) is 0 Å². The van der Waals surface area contributed by atoms with Gasteiger partial charge in [0.1, 0.15) is 0 Å². The Hall–Kier alpha value is -3.51. The van der Waals surface area contributed by atoms with E-state index in [0.717, 1.165) is 43.5 Å². The van der Waals surface area contributed by atoms with E-state index < -0.39 is 0 Å². The molecule has 0 aliphatic carbocycles. The highest BCUT2D eigenvalue weighted by atomic mass is 16.2. The summed E-state index contributed by atoms with van der Waals surface area (Å²) in [7, 11) is 0. The molecular weight excluding hydrogens is 436 g/mol. The Bertz CT molecular complexity index is 1050. The van der Waals surface area contributed by atoms with Crippen molar-refractivity contribution in [1.29, 1.82) is 0 Å². The first-order valence-electron chi connectivity index (χ1n) is 12.4. The maximum atomic E-state index is 12.7. The smallest absolute Gasteiger partial charge is 0.234 e. The lowest BCUT2D eigenvalue weighted by atomic mass is 9.92. The fourth-order valence-corrected chi connectivity index (χ4v) is 4.63. The highest BCUT2D eigenvalue weighted by molar-refractivity contribution is 5.79. The summed E-state index contributed by atoms with van der Waals surface area (Å²) in [6, 6.07) is 24.3. The Balaban J connectivity index is 1.20. The third-order valence-electron chi connectivity index (χ3n) is 6.55. The monoisotopic (exact) mass is 470 g/mol. The summed E-state index contributed by atoms with van der Waals surface area (Å²) in [6.07, 6.45) is 6.63. The van der Waals surface area contributed by atoms with Gasteiger partial charge in [-0.1, -0.05) is 66.7 Å². The number of likely N-dealkylation sites (tertiary alicyclic amines) is 1. The van der Waals surface area contributed by atoms with Gasteiger partial charge in [-0.25, -0.2) is 0 Å². The molecule has 2 amide bonds. The van der Waals surface area contributed by atoms with Crippen molar-refractivity contribution in [2.45, 2.75) is 37.6 Å². The molecule has 2 N–H and O–H groups in total. The summed E-state index contributed by atoms with van der Waals surface area (Å²) in [6.45, 7) is 2.59. The summed E-state index contributed by atoms with van der Waals surface area (Å²) >= 11 is 0. The van der Waals surface area contributed by atoms with E-state index in [1.807, 2.05) is 60.8 Å². The average molecular weight is 471 g/mol. The minimum Gasteiger partial charge on any atom is -0.354 e. The molecule has 35 heavy (non-hydrogen) atoms. The summed E-state index contributed by atoms with van der Waals surface area (Å²) in [5.74, 6) is 0.298. The number of aromatic nitrogens is 1. The Morgan fingerprint density at radius 3 is 2.26 bits per heavy atom. The zero-order chi connectivity index (χ0) is 24.3. The van der Waals surface area contributed by atoms with Crippen molar-refractivity contribution < 1.29 is 9.59 Å². The predicted molar refractivity (Wildman–Crippen MR) is 138 cm³/mol. The Morgan fingerprint density at radius 1 is 0.886 bits per heavy atom. The Labute approximate surface area is 207 Å². The molecule has 1 unspecified atom stereocenters. The van der Waals surface area contributed by atoms with Crippen LogP contribution in [0.25, 0.3) is 0 Å². The molecular formula is C29H34N4O2. The van der Waals surface area contributed by atoms with Crippen LogP contribution >= 0.6 is 0 Å². The van der Waals surface area contributed by atoms with E-state index in [-0.39, 0.29) is 23.8 Å². The summed E-state index contributed by atoms with van der Waals surface area (Å²) in [4.78, 5) is 31.5. The van der Waals surface area contributed by atoms with Crippen molar-refractivity contribution in [2.75, 3.05) is 26.2 Å². The van der Waals surface area contributed by atoms with Gasteiger partial charge in [-0.05, 0) is 42.0 Å². The average Bonchev–Trinajstić information content (AvgIpc) is 2.89. The molecule has 0 radical (unpaired) electrons. The first-order valence-corrected chi connectivity index (χ1v) is 12.4. The second-order valence-electron chi connectivity index (χ2n) is 9.26. The topological polar surface area (TPSA) is 74.3 Å². The second kappa shape index (κ2) is 12.8. The molecule has 1 saturated heterocycles. The third-order valence-corrected chi connectivity index (χ3v) is 6.55. The fraction of sp³-hybridized carbons (Fsp3) is 0.345. The van der Waals surface area contributed by atoms with Gasteiger partial charge in [0.2, 0.25) is 11.8 Å². The molecule has 1 fully saturated rings. The molecule has 1 atom stereocenters. The molecule has 6 nitrogen and oxygen atoms in total. The molecule has 0 spiro atoms. The lowest BCUT2D eigenvalue weighted by molar-refractivity contribution is -0.124. The number of rotatable bonds is 10. The normalized spacial score (nSPS) is 15.3. The van der Waals surface area contributed by atoms with E-state index >= 15 is 0 Å². The fourth-order valence-electron chi connectivity index (χ4n) is 4.63. The van der Waals surface area contributed by atoms with Gasteiger partial charge in [0.05, 0.1) is 13.0 Å². The zero-order valence-electron chi connectivity index (χ0n) is 20.1. The minimum atomic E-state index is 0.0451. The van der Waals surface area contributed by atoms with Crippen LogP contribution in [0.2, 0.25) is 0 Å². The maximum Gasteiger partial charge on any atom is 0.234 e. The van der Waals surface area contributed by atoms with Gasteiger partial charge in [0.15, 0.2) is 0 Å². The number of nitrogens with zero attached hydrogens (tertiary/aromatic N) is 2. The number of hydrogen-bond acceptors (Lipinski definition) is 4. The van der Waals surface area contributed by atoms with Gasteiger partial charge in [-0.15, -0.1) is 0 Å². The van der Waals surface area contributed by atoms with Crippen molar-refractivity contribution in [3.05, 3.63) is 102 Å². The Morgan fingerprint density at radius 2 is 1.57 bits per heavy atom. The molecule has 1 aliphatic rings. The summed E-state index contributed by atoms with van der Waals surface area (Å²) in [5.41, 5.74) is 3.40. The van der Waals surface area contributed by atoms with Crippen LogP contribution < -0.4 is 10.6 Å². The van der Waals surface area contributed by atoms with E-state index in [0.29, 0.717) is 19.5 Å². The third kappa shape index (κ3) is 8.04. The van der Waals surface area contributed by atoms with Crippen molar-refractivity contribution in [1.82, 2.24) is 20.5 Å². The number of carbonyl (C=O) groups is 2. The van der Waals surface area contributed by atoms with Gasteiger partial charge in [0.25, 0.3) is 0 Å². The first kappa shape index (κ1) is 24.6. The van der Waals surface area contributed by atoms with E-state index in [1.165, 1.54) is 5.56 Å². The second-order valence-corrected chi connectivity index (χ2v) is 9.26. The molecule has 2 aromatic carbocycles. The molecule has 182 valence electrons. The quantitative estimate of drug-likeness (QED) is 0.477. The van der Waals surface area contributed by atoms with Crippen LogP contribution in [0, 0.1) is 0 Å². The number of carbonyl (C=O) groups excluding carboxylic acids is 2. The van der Waals surface area contributed by atoms with E-state index in [9.17, 15) is 9.59 Å². The highest BCUT2D eigenvalue weighted by Gasteiger charge is 2.22. The Kier molecular flexibility index (Phi) is 9.01. The standard InChI is InChI=1S/C29H34N4O2/c34-28(19-23-8-3-1-4-9-23)32-27-13-16-33(17-14-27)22-29(35)31-21-26(25-11-5-2-6-12-25)18-24-10-7-15-30-20-24/h1-12,15,20,26-27H,13-14,16-19,21-22H2,(H,31,35)(H,32,34). The van der Waals surface area contributed by atoms with Crippen molar-refractivity contribution in [3.8, 4) is 0 Å². The molecule has 2 heterocycles. The van der Waals surface area contributed by atoms with Crippen LogP contribution in [0.5, 0.6) is 0 Å². The molecule has 0 saturated carbocycles. The van der Waals surface area contributed by atoms with Crippen LogP contribution in [-0.2, 0) is 22.4 Å². The van der Waals surface area contributed by atoms with Crippen LogP contribution in [0.3, 0.4) is 0 Å². The zero-order valence-corrected chi connectivity index (χ0v) is 20.1. The van der Waals surface area contributed by atoms with Crippen LogP contribution in [-0.4, -0.2) is 53.9 Å². The van der Waals surface area contributed by atoms with Crippen LogP contribution in [0.4, 0.5) is 0 Å². The summed E-state index contributed by atoms with van der Waals surface area (Å²) in [5, 5.41) is 6.30. The largest absolute Gasteiger partial charge is 0.354 e. The van der Waals surface area contributed by atoms with Gasteiger partial charge in [-0.3, -0.25) is 19.5 Å². The van der Waals surface area contributed by atoms with Crippen LogP contribution in [0.15, 0.2) is 85.2 Å². The minimum absolute atomic E-state index is 0.0451. The van der Waals surface area contributed by atoms with Crippen molar-refractivity contribution in [2.24, 2.45) is 0 Å². The lowest BCUT2D eigenvalue weighted by Gasteiger charge is -2.32. The molecule has 0 bridgehead atoms. The number of piperidine rings is 1. The van der Waals surface area contributed by atoms with Crippen molar-refractivity contribution >= 4 is 11.8 Å². The van der Waals surface area contributed by atoms with Gasteiger partial charge < -0.3 is 10.6 Å². The van der Waals surface area contributed by atoms with Gasteiger partial charge in [0, 0.05) is 44.0 Å². The molecule has 4 rings (SSSR count). The van der Waals surface area contributed by atoms with E-state index in [1.54, 1.807) is 6.20 Å². The predicted octanol–water partition coefficient (Wildman–Crippen LogP) is 3.35. The van der Waals surface area contributed by atoms with Gasteiger partial charge >= 0.3 is 0 Å². The number of nitrogens with one attached hydrogen (secondary N) is 2. The number of pyridine rings is 1. The SMILES string of the molecule is O=C(CN1CCC(NC(=O)Cc2ccccc2)CC1)NCC(Cc1cccnc1)c1ccccc1. The number of amides is 2. The van der Waals surface area contributed by atoms with Gasteiger partial charge in [-0.2, -0.15) is 0 Å². The number of benzene rings is 2. The van der Waals surface area contributed by atoms with E-state index in [4.69, 9.17) is 0 Å². The molecule has 3 aromatic rings. The summed E-state index contributed by atoms with van der Waals surface area (Å²) < 4.78 is 0. The lowest BCUT2D eigenvalue weighted by Crippen LogP contribution is -2.48. The molecule has 1 aromatic heterocycles. The maximum absolute atomic E-state index is 12.7. The molecule has 6 heteroatoms. The number of hydrogen-bond donors (Lipinski definition) is 2. The van der Waals surface area contributed by atoms with E-state index in [2.05, 4.69) is 38.7 Å².